The average Bonchev–Trinajstić information content (AvgIpc) is 3.39. The summed E-state index contributed by atoms with van der Waals surface area (Å²) in [6.07, 6.45) is 66.9. The fourth-order valence-corrected chi connectivity index (χ4v) is 9.48. The van der Waals surface area contributed by atoms with Crippen molar-refractivity contribution in [3.8, 4) is 0 Å². The van der Waals surface area contributed by atoms with Gasteiger partial charge in [-0.15, -0.1) is 0 Å². The van der Waals surface area contributed by atoms with Crippen molar-refractivity contribution in [2.75, 3.05) is 13.2 Å². The topological polar surface area (TPSA) is 149 Å². The first kappa shape index (κ1) is 68.6. The molecule has 9 nitrogen and oxygen atoms in total. The Hall–Kier alpha value is -2.37. The highest BCUT2D eigenvalue weighted by molar-refractivity contribution is 5.76. The Morgan fingerprint density at radius 1 is 0.479 bits per heavy atom. The number of hydrogen-bond acceptors (Lipinski definition) is 8. The van der Waals surface area contributed by atoms with Crippen LogP contribution in [0.4, 0.5) is 0 Å². The molecular formula is C64H115NO8. The summed E-state index contributed by atoms with van der Waals surface area (Å²) in [5.41, 5.74) is 0. The minimum absolute atomic E-state index is 0.176. The van der Waals surface area contributed by atoms with Crippen molar-refractivity contribution in [2.45, 2.75) is 314 Å². The van der Waals surface area contributed by atoms with Crippen LogP contribution in [0.15, 0.2) is 72.9 Å². The van der Waals surface area contributed by atoms with Crippen molar-refractivity contribution in [2.24, 2.45) is 0 Å². The zero-order chi connectivity index (χ0) is 52.9. The van der Waals surface area contributed by atoms with Crippen molar-refractivity contribution in [1.29, 1.82) is 0 Å². The number of amides is 1. The molecule has 1 saturated heterocycles. The summed E-state index contributed by atoms with van der Waals surface area (Å²) >= 11 is 0. The van der Waals surface area contributed by atoms with E-state index in [0.717, 1.165) is 70.6 Å². The molecule has 0 aromatic heterocycles. The molecule has 6 N–H and O–H groups in total. The Balaban J connectivity index is 2.14. The van der Waals surface area contributed by atoms with E-state index in [1.807, 2.05) is 6.08 Å². The number of unbranched alkanes of at least 4 members (excludes halogenated alkanes) is 32. The van der Waals surface area contributed by atoms with E-state index in [0.29, 0.717) is 6.42 Å². The molecule has 0 aromatic rings. The largest absolute Gasteiger partial charge is 0.394 e. The average molecular weight is 1030 g/mol. The van der Waals surface area contributed by atoms with Gasteiger partial charge in [0.1, 0.15) is 24.4 Å². The molecule has 1 amide bonds. The van der Waals surface area contributed by atoms with Crippen LogP contribution in [0, 0.1) is 0 Å². The van der Waals surface area contributed by atoms with E-state index in [4.69, 9.17) is 9.47 Å². The molecular weight excluding hydrogens is 911 g/mol. The van der Waals surface area contributed by atoms with Crippen LogP contribution in [0.5, 0.6) is 0 Å². The summed E-state index contributed by atoms with van der Waals surface area (Å²) in [5, 5.41) is 54.6. The lowest BCUT2D eigenvalue weighted by Crippen LogP contribution is -2.60. The Bertz CT molecular complexity index is 1380. The maximum absolute atomic E-state index is 13.1. The number of aliphatic hydroxyl groups excluding tert-OH is 5. The number of carbonyl (C=O) groups is 1. The molecule has 1 heterocycles. The van der Waals surface area contributed by atoms with Gasteiger partial charge in [0.2, 0.25) is 5.91 Å². The van der Waals surface area contributed by atoms with Gasteiger partial charge >= 0.3 is 0 Å². The maximum atomic E-state index is 13.1. The van der Waals surface area contributed by atoms with Gasteiger partial charge in [0.15, 0.2) is 6.29 Å². The fraction of sp³-hybridized carbons (Fsp3) is 0.797. The standard InChI is InChI=1S/C64H115NO8/c1-3-5-7-9-11-13-15-17-19-21-22-23-24-25-26-27-28-29-30-31-32-33-34-35-36-38-40-42-44-46-48-50-52-54-60(68)65-57(56-72-64-63(71)62(70)61(69)59(55-66)73-64)58(67)53-51-49-47-45-43-41-39-37-20-18-16-14-12-10-8-6-4-2/h5,7,11,13,17,19,22-23,25-26,51,53,57-59,61-64,66-67,69-71H,3-4,6,8-10,12,14-16,18,20-21,24,27-50,52,54-56H2,1-2H3,(H,65,68)/b7-5-,13-11-,19-17-,23-22-,26-25-,53-51+. The molecule has 7 unspecified atom stereocenters. The highest BCUT2D eigenvalue weighted by atomic mass is 16.7. The molecule has 0 aliphatic carbocycles. The van der Waals surface area contributed by atoms with E-state index in [9.17, 15) is 30.3 Å². The number of ether oxygens (including phenoxy) is 2. The summed E-state index contributed by atoms with van der Waals surface area (Å²) in [4.78, 5) is 13.1. The second-order valence-electron chi connectivity index (χ2n) is 21.1. The quantitative estimate of drug-likeness (QED) is 0.0261. The summed E-state index contributed by atoms with van der Waals surface area (Å²) < 4.78 is 11.3. The Morgan fingerprint density at radius 3 is 1.26 bits per heavy atom. The van der Waals surface area contributed by atoms with Gasteiger partial charge < -0.3 is 40.3 Å². The smallest absolute Gasteiger partial charge is 0.220 e. The van der Waals surface area contributed by atoms with Crippen molar-refractivity contribution in [3.05, 3.63) is 72.9 Å². The van der Waals surface area contributed by atoms with E-state index < -0.39 is 49.5 Å². The number of aliphatic hydroxyl groups is 5. The lowest BCUT2D eigenvalue weighted by molar-refractivity contribution is -0.302. The van der Waals surface area contributed by atoms with Gasteiger partial charge in [-0.25, -0.2) is 0 Å². The lowest BCUT2D eigenvalue weighted by Gasteiger charge is -2.40. The molecule has 424 valence electrons. The van der Waals surface area contributed by atoms with E-state index in [2.05, 4.69) is 79.9 Å². The molecule has 1 aliphatic heterocycles. The van der Waals surface area contributed by atoms with Crippen molar-refractivity contribution in [1.82, 2.24) is 5.32 Å². The zero-order valence-electron chi connectivity index (χ0n) is 47.1. The molecule has 73 heavy (non-hydrogen) atoms. The number of hydrogen-bond donors (Lipinski definition) is 6. The Kier molecular flexibility index (Phi) is 49.9. The van der Waals surface area contributed by atoms with Crippen LogP contribution in [-0.2, 0) is 14.3 Å². The zero-order valence-corrected chi connectivity index (χ0v) is 47.1. The Morgan fingerprint density at radius 2 is 0.849 bits per heavy atom. The van der Waals surface area contributed by atoms with Crippen molar-refractivity contribution in [3.63, 3.8) is 0 Å². The second-order valence-corrected chi connectivity index (χ2v) is 21.1. The van der Waals surface area contributed by atoms with Gasteiger partial charge in [-0.3, -0.25) is 4.79 Å². The van der Waals surface area contributed by atoms with Gasteiger partial charge in [0, 0.05) is 6.42 Å². The fourth-order valence-electron chi connectivity index (χ4n) is 9.48. The van der Waals surface area contributed by atoms with E-state index in [1.54, 1.807) is 6.08 Å². The SMILES string of the molecule is CC/C=C\C/C=C\C/C=C\C/C=C\C/C=C\CCCCCCCCCCCCCCCCCCCC(=O)NC(COC1OC(CO)C(O)C(O)C1O)C(O)/C=C/CCCCCCCCCCCCCCCCC. The summed E-state index contributed by atoms with van der Waals surface area (Å²) in [6, 6.07) is -0.807. The molecule has 0 bridgehead atoms. The molecule has 1 aliphatic rings. The summed E-state index contributed by atoms with van der Waals surface area (Å²) in [5.74, 6) is -0.176. The van der Waals surface area contributed by atoms with E-state index in [1.165, 1.54) is 180 Å². The molecule has 9 heteroatoms. The van der Waals surface area contributed by atoms with Gasteiger partial charge in [-0.2, -0.15) is 0 Å². The summed E-state index contributed by atoms with van der Waals surface area (Å²) in [6.45, 7) is 3.68. The third-order valence-electron chi connectivity index (χ3n) is 14.3. The predicted octanol–water partition coefficient (Wildman–Crippen LogP) is 15.6. The van der Waals surface area contributed by atoms with Crippen LogP contribution in [0.3, 0.4) is 0 Å². The minimum Gasteiger partial charge on any atom is -0.394 e. The molecule has 1 rings (SSSR count). The summed E-state index contributed by atoms with van der Waals surface area (Å²) in [7, 11) is 0. The van der Waals surface area contributed by atoms with Gasteiger partial charge in [0.25, 0.3) is 0 Å². The van der Waals surface area contributed by atoms with E-state index in [-0.39, 0.29) is 12.5 Å². The first-order chi connectivity index (χ1) is 35.8. The van der Waals surface area contributed by atoms with Crippen LogP contribution in [0.1, 0.15) is 271 Å². The molecule has 0 spiro atoms. The molecule has 0 aromatic carbocycles. The lowest BCUT2D eigenvalue weighted by atomic mass is 9.99. The minimum atomic E-state index is -1.57. The first-order valence-electron chi connectivity index (χ1n) is 30.7. The third kappa shape index (κ3) is 42.4. The number of carbonyl (C=O) groups excluding carboxylic acids is 1. The molecule has 7 atom stereocenters. The maximum Gasteiger partial charge on any atom is 0.220 e. The molecule has 1 fully saturated rings. The van der Waals surface area contributed by atoms with Crippen molar-refractivity contribution >= 4 is 5.91 Å². The second kappa shape index (κ2) is 53.0. The van der Waals surface area contributed by atoms with Gasteiger partial charge in [-0.05, 0) is 64.2 Å². The highest BCUT2D eigenvalue weighted by Gasteiger charge is 2.44. The number of nitrogens with one attached hydrogen (secondary N) is 1. The normalized spacial score (nSPS) is 19.6. The third-order valence-corrected chi connectivity index (χ3v) is 14.3. The van der Waals surface area contributed by atoms with Gasteiger partial charge in [0.05, 0.1) is 25.4 Å². The van der Waals surface area contributed by atoms with Crippen LogP contribution in [0.2, 0.25) is 0 Å². The molecule has 0 radical (unpaired) electrons. The Labute approximate surface area is 448 Å². The molecule has 0 saturated carbocycles. The van der Waals surface area contributed by atoms with Crippen LogP contribution >= 0.6 is 0 Å². The van der Waals surface area contributed by atoms with E-state index >= 15 is 0 Å². The monoisotopic (exact) mass is 1030 g/mol. The van der Waals surface area contributed by atoms with Crippen LogP contribution < -0.4 is 5.32 Å². The van der Waals surface area contributed by atoms with Crippen LogP contribution in [-0.4, -0.2) is 87.5 Å². The van der Waals surface area contributed by atoms with Crippen LogP contribution in [0.25, 0.3) is 0 Å². The highest BCUT2D eigenvalue weighted by Crippen LogP contribution is 2.23. The number of allylic oxidation sites excluding steroid dienone is 11. The predicted molar refractivity (Wildman–Crippen MR) is 309 cm³/mol. The van der Waals surface area contributed by atoms with Gasteiger partial charge in [-0.1, -0.05) is 273 Å². The first-order valence-corrected chi connectivity index (χ1v) is 30.7. The number of rotatable bonds is 52. The van der Waals surface area contributed by atoms with Crippen molar-refractivity contribution < 1.29 is 39.8 Å².